The molecule has 3 rings (SSSR count). The Kier molecular flexibility index (Phi) is 4.10. The van der Waals surface area contributed by atoms with E-state index in [2.05, 4.69) is 14.9 Å². The fourth-order valence-electron chi connectivity index (χ4n) is 2.10. The topological polar surface area (TPSA) is 81.8 Å². The molecule has 0 fully saturated rings. The Bertz CT molecular complexity index is 788. The number of nitrogens with one attached hydrogen (secondary N) is 1. The quantitative estimate of drug-likeness (QED) is 0.734. The molecule has 3 aromatic heterocycles. The molecule has 1 atom stereocenters. The van der Waals surface area contributed by atoms with E-state index >= 15 is 0 Å². The Balaban J connectivity index is 1.80. The van der Waals surface area contributed by atoms with Crippen LogP contribution in [-0.2, 0) is 17.1 Å². The summed E-state index contributed by atoms with van der Waals surface area (Å²) in [6.45, 7) is 0.218. The highest BCUT2D eigenvalue weighted by molar-refractivity contribution is 7.89. The third-order valence-corrected chi connectivity index (χ3v) is 5.31. The molecule has 116 valence electrons. The van der Waals surface area contributed by atoms with Gasteiger partial charge in [-0.1, -0.05) is 0 Å². The Morgan fingerprint density at radius 1 is 1.41 bits per heavy atom. The first kappa shape index (κ1) is 14.9. The predicted molar refractivity (Wildman–Crippen MR) is 83.1 cm³/mol. The average molecular weight is 337 g/mol. The van der Waals surface area contributed by atoms with E-state index in [4.69, 9.17) is 0 Å². The molecule has 0 aromatic carbocycles. The molecule has 9 heteroatoms. The molecule has 0 saturated heterocycles. The van der Waals surface area contributed by atoms with Gasteiger partial charge in [0.15, 0.2) is 0 Å². The molecular formula is C13H15N5O2S2. The zero-order valence-electron chi connectivity index (χ0n) is 11.8. The lowest BCUT2D eigenvalue weighted by molar-refractivity contribution is 0.506. The maximum Gasteiger partial charge on any atom is 0.243 e. The fraction of sp³-hybridized carbons (Fsp3) is 0.231. The molecule has 0 radical (unpaired) electrons. The van der Waals surface area contributed by atoms with Gasteiger partial charge in [-0.2, -0.15) is 21.5 Å². The second kappa shape index (κ2) is 6.03. The smallest absolute Gasteiger partial charge is 0.243 e. The lowest BCUT2D eigenvalue weighted by atomic mass is 10.1. The fourth-order valence-corrected chi connectivity index (χ4v) is 3.83. The third-order valence-electron chi connectivity index (χ3n) is 3.23. The van der Waals surface area contributed by atoms with Gasteiger partial charge in [-0.25, -0.2) is 13.1 Å². The highest BCUT2D eigenvalue weighted by Gasteiger charge is 2.21. The van der Waals surface area contributed by atoms with Crippen molar-refractivity contribution in [3.8, 4) is 0 Å². The number of hydrogen-bond acceptors (Lipinski definition) is 5. The van der Waals surface area contributed by atoms with Gasteiger partial charge in [0.25, 0.3) is 0 Å². The number of rotatable bonds is 6. The Morgan fingerprint density at radius 2 is 2.27 bits per heavy atom. The van der Waals surface area contributed by atoms with Gasteiger partial charge in [0.2, 0.25) is 10.0 Å². The first-order valence-electron chi connectivity index (χ1n) is 6.56. The van der Waals surface area contributed by atoms with Crippen LogP contribution in [0.1, 0.15) is 11.6 Å². The van der Waals surface area contributed by atoms with Crippen LogP contribution in [0.2, 0.25) is 0 Å². The monoisotopic (exact) mass is 337 g/mol. The largest absolute Gasteiger partial charge is 0.274 e. The van der Waals surface area contributed by atoms with Gasteiger partial charge in [-0.05, 0) is 28.5 Å². The molecule has 0 aliphatic rings. The molecule has 3 heterocycles. The van der Waals surface area contributed by atoms with Crippen molar-refractivity contribution in [2.45, 2.75) is 10.9 Å². The van der Waals surface area contributed by atoms with Crippen molar-refractivity contribution in [1.82, 2.24) is 24.3 Å². The van der Waals surface area contributed by atoms with E-state index in [-0.39, 0.29) is 17.5 Å². The first-order chi connectivity index (χ1) is 10.6. The summed E-state index contributed by atoms with van der Waals surface area (Å²) in [5, 5.41) is 12.1. The lowest BCUT2D eigenvalue weighted by Gasteiger charge is -2.17. The van der Waals surface area contributed by atoms with Crippen molar-refractivity contribution in [2.24, 2.45) is 7.05 Å². The van der Waals surface area contributed by atoms with E-state index < -0.39 is 10.0 Å². The number of hydrogen-bond donors (Lipinski definition) is 1. The third kappa shape index (κ3) is 3.11. The maximum absolute atomic E-state index is 12.3. The number of sulfonamides is 1. The highest BCUT2D eigenvalue weighted by atomic mass is 32.2. The van der Waals surface area contributed by atoms with E-state index in [9.17, 15) is 8.42 Å². The number of thiophene rings is 1. The van der Waals surface area contributed by atoms with Gasteiger partial charge in [0.05, 0.1) is 12.2 Å². The first-order valence-corrected chi connectivity index (χ1v) is 8.98. The van der Waals surface area contributed by atoms with Gasteiger partial charge >= 0.3 is 0 Å². The Morgan fingerprint density at radius 3 is 2.86 bits per heavy atom. The zero-order chi connectivity index (χ0) is 15.6. The van der Waals surface area contributed by atoms with Gasteiger partial charge in [-0.15, -0.1) is 0 Å². The summed E-state index contributed by atoms with van der Waals surface area (Å²) in [6, 6.07) is 3.59. The maximum atomic E-state index is 12.3. The van der Waals surface area contributed by atoms with Gasteiger partial charge in [0.1, 0.15) is 4.90 Å². The predicted octanol–water partition coefficient (Wildman–Crippen LogP) is 1.25. The number of aryl methyl sites for hydroxylation is 1. The molecule has 0 spiro atoms. The molecule has 7 nitrogen and oxygen atoms in total. The molecule has 0 aliphatic carbocycles. The molecule has 22 heavy (non-hydrogen) atoms. The van der Waals surface area contributed by atoms with Crippen LogP contribution >= 0.6 is 11.3 Å². The van der Waals surface area contributed by atoms with Crippen molar-refractivity contribution in [3.63, 3.8) is 0 Å². The molecule has 0 bridgehead atoms. The van der Waals surface area contributed by atoms with E-state index in [1.54, 1.807) is 29.3 Å². The molecule has 1 N–H and O–H groups in total. The summed E-state index contributed by atoms with van der Waals surface area (Å²) in [5.41, 5.74) is 1.02. The average Bonchev–Trinajstić information content (AvgIpc) is 3.20. The SMILES string of the molecule is Cn1cc(S(=O)(=O)NCC(c2ccsc2)n2cccn2)cn1. The molecule has 0 saturated carbocycles. The lowest BCUT2D eigenvalue weighted by Crippen LogP contribution is -2.31. The van der Waals surface area contributed by atoms with Crippen molar-refractivity contribution in [2.75, 3.05) is 6.54 Å². The van der Waals surface area contributed by atoms with Crippen LogP contribution in [0.5, 0.6) is 0 Å². The number of aromatic nitrogens is 4. The van der Waals surface area contributed by atoms with Crippen LogP contribution < -0.4 is 4.72 Å². The van der Waals surface area contributed by atoms with E-state index in [1.807, 2.05) is 29.1 Å². The van der Waals surface area contributed by atoms with E-state index in [0.717, 1.165) is 5.56 Å². The second-order valence-electron chi connectivity index (χ2n) is 4.76. The van der Waals surface area contributed by atoms with Crippen molar-refractivity contribution in [1.29, 1.82) is 0 Å². The minimum Gasteiger partial charge on any atom is -0.274 e. The minimum atomic E-state index is -3.59. The Labute approximate surface area is 132 Å². The summed E-state index contributed by atoms with van der Waals surface area (Å²) in [7, 11) is -1.91. The second-order valence-corrected chi connectivity index (χ2v) is 7.31. The van der Waals surface area contributed by atoms with E-state index in [0.29, 0.717) is 0 Å². The molecular weight excluding hydrogens is 322 g/mol. The normalized spacial score (nSPS) is 13.3. The van der Waals surface area contributed by atoms with Gasteiger partial charge < -0.3 is 0 Å². The molecule has 0 aliphatic heterocycles. The molecule has 1 unspecified atom stereocenters. The van der Waals surface area contributed by atoms with Crippen LogP contribution in [0.3, 0.4) is 0 Å². The van der Waals surface area contributed by atoms with Crippen LogP contribution in [0.25, 0.3) is 0 Å². The zero-order valence-corrected chi connectivity index (χ0v) is 13.5. The van der Waals surface area contributed by atoms with E-state index in [1.165, 1.54) is 17.1 Å². The van der Waals surface area contributed by atoms with Crippen molar-refractivity contribution in [3.05, 3.63) is 53.2 Å². The molecule has 3 aromatic rings. The van der Waals surface area contributed by atoms with Crippen LogP contribution in [0.15, 0.2) is 52.6 Å². The standard InChI is InChI=1S/C13H15N5O2S2/c1-17-9-12(7-15-17)22(19,20)16-8-13(11-3-6-21-10-11)18-5-2-4-14-18/h2-7,9-10,13,16H,8H2,1H3. The van der Waals surface area contributed by atoms with Crippen molar-refractivity contribution < 1.29 is 8.42 Å². The summed E-state index contributed by atoms with van der Waals surface area (Å²) in [5.74, 6) is 0. The van der Waals surface area contributed by atoms with Crippen molar-refractivity contribution >= 4 is 21.4 Å². The molecule has 0 amide bonds. The van der Waals surface area contributed by atoms with Crippen LogP contribution in [0.4, 0.5) is 0 Å². The van der Waals surface area contributed by atoms with Crippen LogP contribution in [0, 0.1) is 0 Å². The van der Waals surface area contributed by atoms with Gasteiger partial charge in [-0.3, -0.25) is 9.36 Å². The minimum absolute atomic E-state index is 0.152. The van der Waals surface area contributed by atoms with Crippen LogP contribution in [-0.4, -0.2) is 34.5 Å². The summed E-state index contributed by atoms with van der Waals surface area (Å²) in [6.07, 6.45) is 6.29. The van der Waals surface area contributed by atoms with Gasteiger partial charge in [0, 0.05) is 32.2 Å². The highest BCUT2D eigenvalue weighted by Crippen LogP contribution is 2.20. The summed E-state index contributed by atoms with van der Waals surface area (Å²) < 4.78 is 30.4. The summed E-state index contributed by atoms with van der Waals surface area (Å²) >= 11 is 1.57. The number of nitrogens with zero attached hydrogens (tertiary/aromatic N) is 4. The summed E-state index contributed by atoms with van der Waals surface area (Å²) in [4.78, 5) is 0.152. The Hall–Kier alpha value is -1.97.